The fourth-order valence-electron chi connectivity index (χ4n) is 1.64. The normalized spacial score (nSPS) is 10.4. The smallest absolute Gasteiger partial charge is 0.123 e. The van der Waals surface area contributed by atoms with Crippen LogP contribution in [-0.4, -0.2) is 12.2 Å². The molecule has 0 fully saturated rings. The number of aromatic hydroxyl groups is 1. The van der Waals surface area contributed by atoms with Crippen LogP contribution in [0.1, 0.15) is 5.56 Å². The minimum Gasteiger partial charge on any atom is -0.507 e. The zero-order chi connectivity index (χ0) is 10.1. The molecule has 0 saturated carbocycles. The maximum absolute atomic E-state index is 9.66. The quantitative estimate of drug-likeness (QED) is 0.745. The van der Waals surface area contributed by atoms with Crippen molar-refractivity contribution in [2.75, 3.05) is 7.11 Å². The number of phenolic OH excluding ortho intramolecular Hbond substituents is 1. The molecule has 0 saturated heterocycles. The molecule has 0 aliphatic carbocycles. The predicted molar refractivity (Wildman–Crippen MR) is 56.9 cm³/mol. The molecule has 2 nitrogen and oxygen atoms in total. The lowest BCUT2D eigenvalue weighted by molar-refractivity contribution is 0.414. The van der Waals surface area contributed by atoms with E-state index in [0.717, 1.165) is 22.1 Å². The average molecular weight is 188 g/mol. The Morgan fingerprint density at radius 1 is 1.14 bits per heavy atom. The second-order valence-electron chi connectivity index (χ2n) is 3.32. The third-order valence-corrected chi connectivity index (χ3v) is 2.39. The molecule has 0 aromatic heterocycles. The van der Waals surface area contributed by atoms with Crippen LogP contribution in [0.5, 0.6) is 11.5 Å². The Bertz CT molecular complexity index is 475. The van der Waals surface area contributed by atoms with Gasteiger partial charge in [-0.15, -0.1) is 0 Å². The summed E-state index contributed by atoms with van der Waals surface area (Å²) in [5, 5.41) is 11.6. The predicted octanol–water partition coefficient (Wildman–Crippen LogP) is 2.86. The Hall–Kier alpha value is -1.70. The van der Waals surface area contributed by atoms with Gasteiger partial charge in [-0.1, -0.05) is 12.1 Å². The molecule has 2 rings (SSSR count). The number of ether oxygens (including phenoxy) is 1. The van der Waals surface area contributed by atoms with E-state index in [1.807, 2.05) is 31.2 Å². The molecule has 0 bridgehead atoms. The van der Waals surface area contributed by atoms with Crippen LogP contribution in [0.3, 0.4) is 0 Å². The van der Waals surface area contributed by atoms with Crippen LogP contribution in [-0.2, 0) is 0 Å². The van der Waals surface area contributed by atoms with E-state index in [2.05, 4.69) is 0 Å². The number of hydrogen-bond acceptors (Lipinski definition) is 2. The van der Waals surface area contributed by atoms with Gasteiger partial charge in [0, 0.05) is 5.39 Å². The van der Waals surface area contributed by atoms with Crippen molar-refractivity contribution in [1.82, 2.24) is 0 Å². The van der Waals surface area contributed by atoms with Gasteiger partial charge in [-0.05, 0) is 36.1 Å². The molecule has 1 N–H and O–H groups in total. The molecule has 0 radical (unpaired) electrons. The standard InChI is InChI=1S/C12H12O2/c1-8-6-9(14-2)7-11-10(8)4-3-5-12(11)13/h3-7,13H,1-2H3. The lowest BCUT2D eigenvalue weighted by Gasteiger charge is -2.07. The van der Waals surface area contributed by atoms with Crippen molar-refractivity contribution in [3.8, 4) is 11.5 Å². The van der Waals surface area contributed by atoms with Gasteiger partial charge in [0.2, 0.25) is 0 Å². The Morgan fingerprint density at radius 3 is 2.64 bits per heavy atom. The highest BCUT2D eigenvalue weighted by molar-refractivity contribution is 5.91. The summed E-state index contributed by atoms with van der Waals surface area (Å²) >= 11 is 0. The highest BCUT2D eigenvalue weighted by Gasteiger charge is 2.03. The van der Waals surface area contributed by atoms with Gasteiger partial charge >= 0.3 is 0 Å². The molecule has 0 heterocycles. The van der Waals surface area contributed by atoms with Gasteiger partial charge in [0.15, 0.2) is 0 Å². The molecule has 2 aromatic carbocycles. The van der Waals surface area contributed by atoms with Crippen LogP contribution in [0.4, 0.5) is 0 Å². The van der Waals surface area contributed by atoms with Crippen LogP contribution in [0, 0.1) is 6.92 Å². The van der Waals surface area contributed by atoms with Crippen molar-refractivity contribution >= 4 is 10.8 Å². The summed E-state index contributed by atoms with van der Waals surface area (Å²) in [6, 6.07) is 9.32. The van der Waals surface area contributed by atoms with Gasteiger partial charge in [0.25, 0.3) is 0 Å². The van der Waals surface area contributed by atoms with Gasteiger partial charge in [-0.3, -0.25) is 0 Å². The fourth-order valence-corrected chi connectivity index (χ4v) is 1.64. The van der Waals surface area contributed by atoms with Crippen molar-refractivity contribution in [3.63, 3.8) is 0 Å². The van der Waals surface area contributed by atoms with Gasteiger partial charge in [0.1, 0.15) is 11.5 Å². The van der Waals surface area contributed by atoms with Crippen molar-refractivity contribution in [2.24, 2.45) is 0 Å². The largest absolute Gasteiger partial charge is 0.507 e. The molecule has 0 aliphatic rings. The number of fused-ring (bicyclic) bond motifs is 1. The lowest BCUT2D eigenvalue weighted by atomic mass is 10.0. The van der Waals surface area contributed by atoms with Gasteiger partial charge in [-0.25, -0.2) is 0 Å². The highest BCUT2D eigenvalue weighted by Crippen LogP contribution is 2.30. The first-order valence-electron chi connectivity index (χ1n) is 4.48. The zero-order valence-corrected chi connectivity index (χ0v) is 8.24. The molecule has 0 unspecified atom stereocenters. The van der Waals surface area contributed by atoms with E-state index in [1.165, 1.54) is 0 Å². The summed E-state index contributed by atoms with van der Waals surface area (Å²) in [6.07, 6.45) is 0. The first-order valence-corrected chi connectivity index (χ1v) is 4.48. The molecule has 0 spiro atoms. The zero-order valence-electron chi connectivity index (χ0n) is 8.24. The van der Waals surface area contributed by atoms with E-state index >= 15 is 0 Å². The number of hydrogen-bond donors (Lipinski definition) is 1. The summed E-state index contributed by atoms with van der Waals surface area (Å²) in [7, 11) is 1.63. The fraction of sp³-hybridized carbons (Fsp3) is 0.167. The molecule has 2 heteroatoms. The summed E-state index contributed by atoms with van der Waals surface area (Å²) in [4.78, 5) is 0. The Morgan fingerprint density at radius 2 is 1.93 bits per heavy atom. The first kappa shape index (κ1) is 8.88. The second-order valence-corrected chi connectivity index (χ2v) is 3.32. The Balaban J connectivity index is 2.83. The summed E-state index contributed by atoms with van der Waals surface area (Å²) in [6.45, 7) is 2.00. The van der Waals surface area contributed by atoms with E-state index in [4.69, 9.17) is 4.74 Å². The minimum absolute atomic E-state index is 0.296. The van der Waals surface area contributed by atoms with Gasteiger partial charge < -0.3 is 9.84 Å². The number of phenols is 1. The second kappa shape index (κ2) is 3.22. The molecule has 2 aromatic rings. The summed E-state index contributed by atoms with van der Waals surface area (Å²) in [5.41, 5.74) is 1.11. The maximum atomic E-state index is 9.66. The molecule has 0 amide bonds. The van der Waals surface area contributed by atoms with Crippen molar-refractivity contribution in [2.45, 2.75) is 6.92 Å². The van der Waals surface area contributed by atoms with Crippen LogP contribution >= 0.6 is 0 Å². The van der Waals surface area contributed by atoms with Crippen LogP contribution in [0.25, 0.3) is 10.8 Å². The molecular formula is C12H12O2. The summed E-state index contributed by atoms with van der Waals surface area (Å²) in [5.74, 6) is 1.07. The molecule has 0 aliphatic heterocycles. The van der Waals surface area contributed by atoms with Crippen LogP contribution < -0.4 is 4.74 Å². The van der Waals surface area contributed by atoms with Gasteiger partial charge in [-0.2, -0.15) is 0 Å². The van der Waals surface area contributed by atoms with E-state index in [1.54, 1.807) is 13.2 Å². The molecule has 0 atom stereocenters. The highest BCUT2D eigenvalue weighted by atomic mass is 16.5. The van der Waals surface area contributed by atoms with E-state index < -0.39 is 0 Å². The maximum Gasteiger partial charge on any atom is 0.123 e. The van der Waals surface area contributed by atoms with Crippen LogP contribution in [0.15, 0.2) is 30.3 Å². The van der Waals surface area contributed by atoms with Crippen molar-refractivity contribution in [1.29, 1.82) is 0 Å². The Kier molecular flexibility index (Phi) is 2.04. The third kappa shape index (κ3) is 1.29. The SMILES string of the molecule is COc1cc(C)c2cccc(O)c2c1. The molecular weight excluding hydrogens is 176 g/mol. The number of aryl methyl sites for hydroxylation is 1. The monoisotopic (exact) mass is 188 g/mol. The first-order chi connectivity index (χ1) is 6.72. The molecule has 72 valence electrons. The van der Waals surface area contributed by atoms with Gasteiger partial charge in [0.05, 0.1) is 7.11 Å². The van der Waals surface area contributed by atoms with Crippen LogP contribution in [0.2, 0.25) is 0 Å². The van der Waals surface area contributed by atoms with Crippen molar-refractivity contribution in [3.05, 3.63) is 35.9 Å². The number of rotatable bonds is 1. The lowest BCUT2D eigenvalue weighted by Crippen LogP contribution is -1.85. The number of methoxy groups -OCH3 is 1. The van der Waals surface area contributed by atoms with E-state index in [9.17, 15) is 5.11 Å². The minimum atomic E-state index is 0.296. The number of benzene rings is 2. The molecule has 14 heavy (non-hydrogen) atoms. The van der Waals surface area contributed by atoms with E-state index in [-0.39, 0.29) is 0 Å². The summed E-state index contributed by atoms with van der Waals surface area (Å²) < 4.78 is 5.15. The van der Waals surface area contributed by atoms with Crippen molar-refractivity contribution < 1.29 is 9.84 Å². The Labute approximate surface area is 82.8 Å². The topological polar surface area (TPSA) is 29.5 Å². The van der Waals surface area contributed by atoms with E-state index in [0.29, 0.717) is 5.75 Å². The average Bonchev–Trinajstić information content (AvgIpc) is 2.19. The third-order valence-electron chi connectivity index (χ3n) is 2.39.